The number of urea groups is 1. The van der Waals surface area contributed by atoms with Crippen molar-refractivity contribution in [2.24, 2.45) is 5.92 Å². The predicted octanol–water partition coefficient (Wildman–Crippen LogP) is 3.73. The number of nitrogens with zero attached hydrogens (tertiary/aromatic N) is 2. The molecule has 0 aliphatic carbocycles. The van der Waals surface area contributed by atoms with Crippen molar-refractivity contribution in [3.05, 3.63) is 65.2 Å². The minimum atomic E-state index is 0.0934. The maximum Gasteiger partial charge on any atom is 0.317 e. The first kappa shape index (κ1) is 19.4. The zero-order chi connectivity index (χ0) is 20.5. The smallest absolute Gasteiger partial charge is 0.317 e. The van der Waals surface area contributed by atoms with Gasteiger partial charge in [-0.15, -0.1) is 0 Å². The van der Waals surface area contributed by atoms with Crippen LogP contribution in [0.25, 0.3) is 0 Å². The summed E-state index contributed by atoms with van der Waals surface area (Å²) in [6.45, 7) is 3.65. The molecule has 0 aromatic heterocycles. The highest BCUT2D eigenvalue weighted by atomic mass is 16.3. The molecule has 158 valence electrons. The number of nitrogens with one attached hydrogen (secondary N) is 1. The minimum absolute atomic E-state index is 0.0934. The molecular weight excluding hydrogens is 374 g/mol. The second kappa shape index (κ2) is 8.31. The summed E-state index contributed by atoms with van der Waals surface area (Å²) in [5, 5.41) is 13.0. The minimum Gasteiger partial charge on any atom is -0.508 e. The summed E-state index contributed by atoms with van der Waals surface area (Å²) in [5.74, 6) is 0.918. The van der Waals surface area contributed by atoms with Gasteiger partial charge in [0.15, 0.2) is 0 Å². The van der Waals surface area contributed by atoms with Crippen molar-refractivity contribution >= 4 is 6.03 Å². The first-order valence-corrected chi connectivity index (χ1v) is 11.3. The Labute approximate surface area is 178 Å². The number of piperidine rings is 2. The van der Waals surface area contributed by atoms with E-state index in [1.165, 1.54) is 23.1 Å². The third-order valence-corrected chi connectivity index (χ3v) is 7.24. The van der Waals surface area contributed by atoms with Crippen LogP contribution in [-0.2, 0) is 12.8 Å². The molecule has 3 heterocycles. The highest BCUT2D eigenvalue weighted by Crippen LogP contribution is 2.43. The molecule has 0 saturated carbocycles. The second-order valence-electron chi connectivity index (χ2n) is 9.01. The molecule has 0 bridgehead atoms. The predicted molar refractivity (Wildman–Crippen MR) is 118 cm³/mol. The van der Waals surface area contributed by atoms with Crippen molar-refractivity contribution in [1.29, 1.82) is 0 Å². The summed E-state index contributed by atoms with van der Waals surface area (Å²) in [4.78, 5) is 17.8. The van der Waals surface area contributed by atoms with Crippen LogP contribution in [0.2, 0.25) is 0 Å². The largest absolute Gasteiger partial charge is 0.508 e. The van der Waals surface area contributed by atoms with Crippen LogP contribution in [-0.4, -0.2) is 53.2 Å². The molecule has 3 atom stereocenters. The van der Waals surface area contributed by atoms with Gasteiger partial charge in [0.05, 0.1) is 0 Å². The molecule has 2 saturated heterocycles. The molecule has 5 rings (SSSR count). The molecule has 5 heteroatoms. The third kappa shape index (κ3) is 3.79. The molecule has 0 radical (unpaired) electrons. The monoisotopic (exact) mass is 405 g/mol. The summed E-state index contributed by atoms with van der Waals surface area (Å²) in [6.07, 6.45) is 5.16. The van der Waals surface area contributed by atoms with Crippen molar-refractivity contribution in [3.63, 3.8) is 0 Å². The summed E-state index contributed by atoms with van der Waals surface area (Å²) in [7, 11) is 0. The van der Waals surface area contributed by atoms with E-state index in [2.05, 4.69) is 33.3 Å². The molecule has 2 N–H and O–H groups in total. The van der Waals surface area contributed by atoms with E-state index in [1.807, 2.05) is 30.3 Å². The van der Waals surface area contributed by atoms with Crippen molar-refractivity contribution in [2.75, 3.05) is 26.2 Å². The topological polar surface area (TPSA) is 55.8 Å². The van der Waals surface area contributed by atoms with Crippen LogP contribution >= 0.6 is 0 Å². The van der Waals surface area contributed by atoms with E-state index in [0.29, 0.717) is 30.3 Å². The molecule has 3 aliphatic heterocycles. The standard InChI is InChI=1S/C25H31N3O2/c29-21-8-9-22-19(15-21)11-14-27-17-20-7-4-13-28(23(20)16-24(22)27)25(30)26-12-10-18-5-2-1-3-6-18/h1-3,5-6,8-9,15,20,23-24,29H,4,7,10-14,16-17H2,(H,26,30)/t20-,23+,24+/m0/s1. The maximum absolute atomic E-state index is 13.1. The fourth-order valence-corrected chi connectivity index (χ4v) is 5.76. The van der Waals surface area contributed by atoms with Crippen molar-refractivity contribution in [2.45, 2.75) is 44.2 Å². The van der Waals surface area contributed by atoms with Crippen LogP contribution in [0.5, 0.6) is 5.75 Å². The van der Waals surface area contributed by atoms with Gasteiger partial charge in [0.25, 0.3) is 0 Å². The number of hydrogen-bond donors (Lipinski definition) is 2. The van der Waals surface area contributed by atoms with Gasteiger partial charge in [-0.3, -0.25) is 4.90 Å². The lowest BCUT2D eigenvalue weighted by molar-refractivity contribution is 0.00576. The highest BCUT2D eigenvalue weighted by molar-refractivity contribution is 5.74. The number of carbonyl (C=O) groups is 1. The van der Waals surface area contributed by atoms with Crippen LogP contribution in [0.1, 0.15) is 42.0 Å². The molecule has 3 aliphatic rings. The van der Waals surface area contributed by atoms with E-state index in [-0.39, 0.29) is 6.03 Å². The van der Waals surface area contributed by atoms with Gasteiger partial charge < -0.3 is 15.3 Å². The number of phenols is 1. The molecule has 2 amide bonds. The summed E-state index contributed by atoms with van der Waals surface area (Å²) >= 11 is 0. The Morgan fingerprint density at radius 1 is 1.13 bits per heavy atom. The van der Waals surface area contributed by atoms with Crippen molar-refractivity contribution in [3.8, 4) is 5.75 Å². The average molecular weight is 406 g/mol. The Bertz CT molecular complexity index is 901. The molecule has 30 heavy (non-hydrogen) atoms. The van der Waals surface area contributed by atoms with Crippen LogP contribution in [0.15, 0.2) is 48.5 Å². The Balaban J connectivity index is 1.27. The van der Waals surface area contributed by atoms with Gasteiger partial charge in [-0.2, -0.15) is 0 Å². The zero-order valence-corrected chi connectivity index (χ0v) is 17.5. The molecule has 5 nitrogen and oxygen atoms in total. The molecule has 0 unspecified atom stereocenters. The number of likely N-dealkylation sites (tertiary alicyclic amines) is 1. The summed E-state index contributed by atoms with van der Waals surface area (Å²) in [5.41, 5.74) is 3.86. The summed E-state index contributed by atoms with van der Waals surface area (Å²) < 4.78 is 0. The average Bonchev–Trinajstić information content (AvgIpc) is 2.77. The van der Waals surface area contributed by atoms with Gasteiger partial charge in [0.1, 0.15) is 5.75 Å². The Morgan fingerprint density at radius 3 is 2.87 bits per heavy atom. The SMILES string of the molecule is O=C(NCCc1ccccc1)N1CCC[C@H]2CN3CCc4cc(O)ccc4[C@H]3C[C@H]21. The van der Waals surface area contributed by atoms with E-state index >= 15 is 0 Å². The first-order chi connectivity index (χ1) is 14.7. The van der Waals surface area contributed by atoms with Crippen LogP contribution in [0.3, 0.4) is 0 Å². The Kier molecular flexibility index (Phi) is 5.38. The fraction of sp³-hybridized carbons (Fsp3) is 0.480. The maximum atomic E-state index is 13.1. The lowest BCUT2D eigenvalue weighted by Gasteiger charge is -2.52. The number of hydrogen-bond acceptors (Lipinski definition) is 3. The van der Waals surface area contributed by atoms with E-state index in [9.17, 15) is 9.90 Å². The quantitative estimate of drug-likeness (QED) is 0.818. The van der Waals surface area contributed by atoms with Crippen LogP contribution in [0, 0.1) is 5.92 Å². The molecule has 0 spiro atoms. The highest BCUT2D eigenvalue weighted by Gasteiger charge is 2.43. The van der Waals surface area contributed by atoms with E-state index in [0.717, 1.165) is 45.3 Å². The number of benzene rings is 2. The van der Waals surface area contributed by atoms with Crippen LogP contribution < -0.4 is 5.32 Å². The van der Waals surface area contributed by atoms with E-state index in [4.69, 9.17) is 0 Å². The van der Waals surface area contributed by atoms with Gasteiger partial charge >= 0.3 is 6.03 Å². The lowest BCUT2D eigenvalue weighted by Crippen LogP contribution is -2.59. The van der Waals surface area contributed by atoms with Gasteiger partial charge in [-0.05, 0) is 66.8 Å². The number of aromatic hydroxyl groups is 1. The van der Waals surface area contributed by atoms with E-state index in [1.54, 1.807) is 0 Å². The van der Waals surface area contributed by atoms with Gasteiger partial charge in [-0.1, -0.05) is 36.4 Å². The normalized spacial score (nSPS) is 25.7. The molecule has 2 aromatic rings. The number of rotatable bonds is 3. The first-order valence-electron chi connectivity index (χ1n) is 11.3. The molecular formula is C25H31N3O2. The van der Waals surface area contributed by atoms with E-state index < -0.39 is 0 Å². The van der Waals surface area contributed by atoms with Crippen molar-refractivity contribution in [1.82, 2.24) is 15.1 Å². The number of fused-ring (bicyclic) bond motifs is 4. The molecule has 2 aromatic carbocycles. The Hall–Kier alpha value is -2.53. The lowest BCUT2D eigenvalue weighted by atomic mass is 9.76. The number of amides is 2. The van der Waals surface area contributed by atoms with Gasteiger partial charge in [-0.25, -0.2) is 4.79 Å². The van der Waals surface area contributed by atoms with Gasteiger partial charge in [0.2, 0.25) is 0 Å². The van der Waals surface area contributed by atoms with Gasteiger partial charge in [0, 0.05) is 38.3 Å². The van der Waals surface area contributed by atoms with Crippen LogP contribution in [0.4, 0.5) is 4.79 Å². The Morgan fingerprint density at radius 2 is 2.00 bits per heavy atom. The number of phenolic OH excluding ortho intramolecular Hbond substituents is 1. The third-order valence-electron chi connectivity index (χ3n) is 7.24. The molecule has 2 fully saturated rings. The van der Waals surface area contributed by atoms with Crippen molar-refractivity contribution < 1.29 is 9.90 Å². The fourth-order valence-electron chi connectivity index (χ4n) is 5.76. The zero-order valence-electron chi connectivity index (χ0n) is 17.5. The second-order valence-corrected chi connectivity index (χ2v) is 9.01. The number of carbonyl (C=O) groups excluding carboxylic acids is 1. The summed E-state index contributed by atoms with van der Waals surface area (Å²) in [6, 6.07) is 16.9.